The van der Waals surface area contributed by atoms with Crippen molar-refractivity contribution in [2.75, 3.05) is 20.8 Å². The van der Waals surface area contributed by atoms with Crippen molar-refractivity contribution in [2.45, 2.75) is 38.8 Å². The topological polar surface area (TPSA) is 115 Å². The molecule has 9 nitrogen and oxygen atoms in total. The molecule has 40 heavy (non-hydrogen) atoms. The first-order valence-corrected chi connectivity index (χ1v) is 13.1. The zero-order valence-electron chi connectivity index (χ0n) is 22.7. The fourth-order valence-electron chi connectivity index (χ4n) is 4.68. The van der Waals surface area contributed by atoms with Gasteiger partial charge < -0.3 is 14.8 Å². The zero-order valence-corrected chi connectivity index (χ0v) is 22.7. The maximum absolute atomic E-state index is 13.4. The van der Waals surface area contributed by atoms with Gasteiger partial charge in [0.15, 0.2) is 11.5 Å². The Balaban J connectivity index is 1.38. The number of methoxy groups -OCH3 is 2. The molecule has 9 heteroatoms. The number of nitrogens with zero attached hydrogens (tertiary/aromatic N) is 3. The van der Waals surface area contributed by atoms with Crippen molar-refractivity contribution in [1.29, 1.82) is 5.26 Å². The molecular formula is C31H32N4O5. The van der Waals surface area contributed by atoms with Crippen LogP contribution in [0, 0.1) is 11.3 Å². The van der Waals surface area contributed by atoms with Crippen LogP contribution in [0.3, 0.4) is 0 Å². The van der Waals surface area contributed by atoms with Crippen LogP contribution in [0.25, 0.3) is 10.9 Å². The summed E-state index contributed by atoms with van der Waals surface area (Å²) in [5.41, 5.74) is 1.93. The fraction of sp³-hybridized carbons (Fsp3) is 0.290. The third kappa shape index (κ3) is 6.41. The van der Waals surface area contributed by atoms with E-state index in [1.165, 1.54) is 9.13 Å². The van der Waals surface area contributed by atoms with Gasteiger partial charge in [-0.1, -0.05) is 36.4 Å². The van der Waals surface area contributed by atoms with Gasteiger partial charge in [0.05, 0.1) is 43.3 Å². The van der Waals surface area contributed by atoms with Gasteiger partial charge in [-0.25, -0.2) is 4.79 Å². The van der Waals surface area contributed by atoms with Gasteiger partial charge in [0.25, 0.3) is 5.56 Å². The Bertz CT molecular complexity index is 1670. The average molecular weight is 541 g/mol. The van der Waals surface area contributed by atoms with Gasteiger partial charge in [-0.2, -0.15) is 5.26 Å². The Morgan fingerprint density at radius 3 is 2.45 bits per heavy atom. The second-order valence-corrected chi connectivity index (χ2v) is 9.36. The van der Waals surface area contributed by atoms with E-state index in [1.54, 1.807) is 56.7 Å². The molecule has 4 aromatic rings. The summed E-state index contributed by atoms with van der Waals surface area (Å²) in [5, 5.41) is 12.8. The molecule has 0 radical (unpaired) electrons. The number of fused-ring (bicyclic) bond motifs is 1. The molecule has 0 atom stereocenters. The molecule has 0 spiro atoms. The van der Waals surface area contributed by atoms with Gasteiger partial charge in [-0.15, -0.1) is 0 Å². The van der Waals surface area contributed by atoms with E-state index in [-0.39, 0.29) is 31.0 Å². The van der Waals surface area contributed by atoms with E-state index in [1.807, 2.05) is 24.3 Å². The summed E-state index contributed by atoms with van der Waals surface area (Å²) in [6.45, 7) is 0.848. The van der Waals surface area contributed by atoms with E-state index in [2.05, 4.69) is 11.4 Å². The number of amides is 1. The number of hydrogen-bond donors (Lipinski definition) is 1. The molecule has 0 unspecified atom stereocenters. The number of benzene rings is 3. The van der Waals surface area contributed by atoms with Crippen molar-refractivity contribution >= 4 is 16.8 Å². The van der Waals surface area contributed by atoms with Gasteiger partial charge in [0, 0.05) is 19.5 Å². The highest BCUT2D eigenvalue weighted by Crippen LogP contribution is 2.27. The smallest absolute Gasteiger partial charge is 0.331 e. The lowest BCUT2D eigenvalue weighted by molar-refractivity contribution is -0.121. The highest BCUT2D eigenvalue weighted by Gasteiger charge is 2.14. The molecule has 4 rings (SSSR count). The molecular weight excluding hydrogens is 508 g/mol. The Hall–Kier alpha value is -4.84. The van der Waals surface area contributed by atoms with Gasteiger partial charge in [0.2, 0.25) is 5.91 Å². The van der Waals surface area contributed by atoms with Gasteiger partial charge in [-0.3, -0.25) is 18.7 Å². The molecule has 1 N–H and O–H groups in total. The Morgan fingerprint density at radius 2 is 1.68 bits per heavy atom. The second-order valence-electron chi connectivity index (χ2n) is 9.36. The monoisotopic (exact) mass is 540 g/mol. The Labute approximate surface area is 232 Å². The minimum absolute atomic E-state index is 0.0862. The zero-order chi connectivity index (χ0) is 28.5. The van der Waals surface area contributed by atoms with Crippen LogP contribution >= 0.6 is 0 Å². The lowest BCUT2D eigenvalue weighted by Crippen LogP contribution is -2.40. The van der Waals surface area contributed by atoms with Crippen molar-refractivity contribution in [1.82, 2.24) is 14.5 Å². The van der Waals surface area contributed by atoms with Crippen LogP contribution in [0.2, 0.25) is 0 Å². The van der Waals surface area contributed by atoms with Crippen LogP contribution in [0.4, 0.5) is 0 Å². The van der Waals surface area contributed by atoms with Gasteiger partial charge in [-0.05, 0) is 60.7 Å². The third-order valence-electron chi connectivity index (χ3n) is 6.82. The van der Waals surface area contributed by atoms with Crippen LogP contribution in [-0.2, 0) is 24.3 Å². The first-order chi connectivity index (χ1) is 19.5. The summed E-state index contributed by atoms with van der Waals surface area (Å²) < 4.78 is 13.3. The van der Waals surface area contributed by atoms with E-state index in [0.29, 0.717) is 59.3 Å². The Kier molecular flexibility index (Phi) is 9.36. The van der Waals surface area contributed by atoms with E-state index in [9.17, 15) is 19.6 Å². The van der Waals surface area contributed by atoms with Crippen LogP contribution in [0.5, 0.6) is 11.5 Å². The molecule has 0 aliphatic carbocycles. The Morgan fingerprint density at radius 1 is 0.925 bits per heavy atom. The lowest BCUT2D eigenvalue weighted by Gasteiger charge is -2.15. The highest BCUT2D eigenvalue weighted by atomic mass is 16.5. The summed E-state index contributed by atoms with van der Waals surface area (Å²) in [6.07, 6.45) is 1.95. The second kappa shape index (κ2) is 13.3. The predicted molar refractivity (Wildman–Crippen MR) is 153 cm³/mol. The van der Waals surface area contributed by atoms with E-state index in [4.69, 9.17) is 9.47 Å². The molecule has 1 heterocycles. The standard InChI is InChI=1S/C31H32N4O5/c1-39-27-15-14-22(19-28(27)40-2)16-17-33-29(36)13-7-8-18-34-30(37)25-11-5-6-12-26(25)35(31(34)38)21-24-10-4-3-9-23(24)20-32/h3-6,9-12,14-15,19H,7-8,13,16-18,21H2,1-2H3,(H,33,36). The first-order valence-electron chi connectivity index (χ1n) is 13.1. The largest absolute Gasteiger partial charge is 0.493 e. The number of aromatic nitrogens is 2. The summed E-state index contributed by atoms with van der Waals surface area (Å²) in [4.78, 5) is 39.0. The predicted octanol–water partition coefficient (Wildman–Crippen LogP) is 3.63. The summed E-state index contributed by atoms with van der Waals surface area (Å²) >= 11 is 0. The number of ether oxygens (including phenoxy) is 2. The summed E-state index contributed by atoms with van der Waals surface area (Å²) in [5.74, 6) is 1.21. The van der Waals surface area contributed by atoms with Crippen molar-refractivity contribution in [2.24, 2.45) is 0 Å². The van der Waals surface area contributed by atoms with Crippen molar-refractivity contribution in [3.63, 3.8) is 0 Å². The quantitative estimate of drug-likeness (QED) is 0.275. The van der Waals surface area contributed by atoms with Crippen LogP contribution < -0.4 is 26.0 Å². The number of carbonyl (C=O) groups is 1. The van der Waals surface area contributed by atoms with Crippen molar-refractivity contribution < 1.29 is 14.3 Å². The molecule has 0 aliphatic heterocycles. The highest BCUT2D eigenvalue weighted by molar-refractivity contribution is 5.78. The SMILES string of the molecule is COc1ccc(CCNC(=O)CCCCn2c(=O)c3ccccc3n(Cc3ccccc3C#N)c2=O)cc1OC. The van der Waals surface area contributed by atoms with Crippen LogP contribution in [0.1, 0.15) is 36.0 Å². The maximum atomic E-state index is 13.4. The van der Waals surface area contributed by atoms with Crippen LogP contribution in [0.15, 0.2) is 76.3 Å². The molecule has 1 amide bonds. The summed E-state index contributed by atoms with van der Waals surface area (Å²) in [6, 6.07) is 21.9. The van der Waals surface area contributed by atoms with Crippen molar-refractivity contribution in [3.8, 4) is 17.6 Å². The van der Waals surface area contributed by atoms with Crippen molar-refractivity contribution in [3.05, 3.63) is 104 Å². The molecule has 0 saturated carbocycles. The first kappa shape index (κ1) is 28.2. The number of hydrogen-bond acceptors (Lipinski definition) is 6. The molecule has 3 aromatic carbocycles. The summed E-state index contributed by atoms with van der Waals surface area (Å²) in [7, 11) is 3.17. The third-order valence-corrected chi connectivity index (χ3v) is 6.82. The lowest BCUT2D eigenvalue weighted by atomic mass is 10.1. The molecule has 206 valence electrons. The van der Waals surface area contributed by atoms with Gasteiger partial charge in [0.1, 0.15) is 0 Å². The maximum Gasteiger partial charge on any atom is 0.331 e. The fourth-order valence-corrected chi connectivity index (χ4v) is 4.68. The van der Waals surface area contributed by atoms with E-state index in [0.717, 1.165) is 5.56 Å². The number of para-hydroxylation sites is 1. The van der Waals surface area contributed by atoms with E-state index < -0.39 is 5.69 Å². The molecule has 0 fully saturated rings. The number of rotatable bonds is 12. The minimum atomic E-state index is -0.434. The average Bonchev–Trinajstić information content (AvgIpc) is 2.98. The number of nitrogens with one attached hydrogen (secondary N) is 1. The minimum Gasteiger partial charge on any atom is -0.493 e. The molecule has 0 saturated heterocycles. The number of carbonyl (C=O) groups excluding carboxylic acids is 1. The molecule has 1 aromatic heterocycles. The normalized spacial score (nSPS) is 10.7. The van der Waals surface area contributed by atoms with Crippen LogP contribution in [-0.4, -0.2) is 35.8 Å². The number of unbranched alkanes of at least 4 members (excludes halogenated alkanes) is 1. The molecule has 0 aliphatic rings. The molecule has 0 bridgehead atoms. The van der Waals surface area contributed by atoms with E-state index >= 15 is 0 Å². The number of nitriles is 1. The van der Waals surface area contributed by atoms with Gasteiger partial charge >= 0.3 is 5.69 Å².